The number of hydrogen-bond acceptors (Lipinski definition) is 5. The first kappa shape index (κ1) is 22.0. The second-order valence-electron chi connectivity index (χ2n) is 7.82. The van der Waals surface area contributed by atoms with Crippen molar-refractivity contribution in [2.24, 2.45) is 0 Å². The molecule has 8 heteroatoms. The van der Waals surface area contributed by atoms with Gasteiger partial charge in [-0.05, 0) is 49.7 Å². The Hall–Kier alpha value is -2.16. The molecule has 1 aromatic heterocycles. The highest BCUT2D eigenvalue weighted by Gasteiger charge is 2.28. The number of benzene rings is 2. The van der Waals surface area contributed by atoms with Gasteiger partial charge >= 0.3 is 6.18 Å². The number of alkyl halides is 3. The fourth-order valence-corrected chi connectivity index (χ4v) is 4.68. The maximum Gasteiger partial charge on any atom is 0.392 e. The molecule has 31 heavy (non-hydrogen) atoms. The molecule has 4 nitrogen and oxygen atoms in total. The monoisotopic (exact) mass is 450 g/mol. The Morgan fingerprint density at radius 3 is 2.65 bits per heavy atom. The number of halogens is 3. The number of likely N-dealkylation sites (tertiary alicyclic amines) is 1. The Balaban J connectivity index is 1.58. The predicted octanol–water partition coefficient (Wildman–Crippen LogP) is 5.83. The molecule has 1 atom stereocenters. The second-order valence-corrected chi connectivity index (χ2v) is 8.89. The lowest BCUT2D eigenvalue weighted by Crippen LogP contribution is -2.35. The van der Waals surface area contributed by atoms with Crippen LogP contribution in [-0.2, 0) is 4.74 Å². The van der Waals surface area contributed by atoms with Crippen molar-refractivity contribution in [2.75, 3.05) is 26.7 Å². The maximum absolute atomic E-state index is 12.5. The van der Waals surface area contributed by atoms with Crippen molar-refractivity contribution < 1.29 is 22.6 Å². The molecule has 1 aliphatic rings. The highest BCUT2D eigenvalue weighted by Crippen LogP contribution is 2.36. The summed E-state index contributed by atoms with van der Waals surface area (Å²) in [5.74, 6) is 0.403. The van der Waals surface area contributed by atoms with Crippen LogP contribution in [0.1, 0.15) is 35.9 Å². The van der Waals surface area contributed by atoms with Gasteiger partial charge in [-0.3, -0.25) is 0 Å². The van der Waals surface area contributed by atoms with Gasteiger partial charge in [0, 0.05) is 13.1 Å². The number of rotatable bonds is 7. The van der Waals surface area contributed by atoms with Crippen LogP contribution in [-0.4, -0.2) is 48.9 Å². The third-order valence-corrected chi connectivity index (χ3v) is 6.42. The number of ether oxygens (including phenoxy) is 2. The first-order chi connectivity index (χ1) is 14.9. The zero-order chi connectivity index (χ0) is 21.8. The van der Waals surface area contributed by atoms with Crippen LogP contribution in [0.5, 0.6) is 5.75 Å². The smallest absolute Gasteiger partial charge is 0.392 e. The quantitative estimate of drug-likeness (QED) is 0.454. The van der Waals surface area contributed by atoms with Crippen LogP contribution in [0.4, 0.5) is 13.2 Å². The molecule has 0 amide bonds. The lowest BCUT2D eigenvalue weighted by molar-refractivity contribution is -0.139. The van der Waals surface area contributed by atoms with Crippen LogP contribution < -0.4 is 4.74 Å². The largest absolute Gasteiger partial charge is 0.493 e. The topological polar surface area (TPSA) is 34.6 Å². The molecule has 2 aromatic carbocycles. The molecule has 0 aliphatic carbocycles. The minimum Gasteiger partial charge on any atom is -0.493 e. The normalized spacial score (nSPS) is 17.2. The van der Waals surface area contributed by atoms with Crippen LogP contribution in [0.3, 0.4) is 0 Å². The number of piperidine rings is 1. The molecule has 1 saturated heterocycles. The molecule has 2 heterocycles. The molecule has 166 valence electrons. The van der Waals surface area contributed by atoms with Gasteiger partial charge in [0.25, 0.3) is 0 Å². The maximum atomic E-state index is 12.5. The number of aromatic nitrogens is 1. The summed E-state index contributed by atoms with van der Waals surface area (Å²) in [6.45, 7) is 1.53. The molecular formula is C23H25F3N2O2S. The van der Waals surface area contributed by atoms with Gasteiger partial charge in [-0.25, -0.2) is 4.98 Å². The summed E-state index contributed by atoms with van der Waals surface area (Å²) in [4.78, 5) is 7.07. The van der Waals surface area contributed by atoms with Gasteiger partial charge in [0.05, 0.1) is 29.3 Å². The van der Waals surface area contributed by atoms with Gasteiger partial charge in [0.1, 0.15) is 16.9 Å². The average molecular weight is 451 g/mol. The summed E-state index contributed by atoms with van der Waals surface area (Å²) in [7, 11) is 2.10. The van der Waals surface area contributed by atoms with Gasteiger partial charge in [-0.2, -0.15) is 13.2 Å². The lowest BCUT2D eigenvalue weighted by Gasteiger charge is -2.31. The highest BCUT2D eigenvalue weighted by atomic mass is 32.1. The molecule has 4 rings (SSSR count). The van der Waals surface area contributed by atoms with E-state index in [-0.39, 0.29) is 6.10 Å². The van der Waals surface area contributed by atoms with Gasteiger partial charge in [-0.1, -0.05) is 24.3 Å². The average Bonchev–Trinajstić information content (AvgIpc) is 3.16. The Labute approximate surface area is 183 Å². The van der Waals surface area contributed by atoms with E-state index in [9.17, 15) is 13.2 Å². The molecule has 3 aromatic rings. The molecule has 0 radical (unpaired) electrons. The number of fused-ring (bicyclic) bond motifs is 1. The summed E-state index contributed by atoms with van der Waals surface area (Å²) >= 11 is 1.58. The van der Waals surface area contributed by atoms with Crippen LogP contribution in [0, 0.1) is 0 Å². The van der Waals surface area contributed by atoms with Crippen LogP contribution in [0.15, 0.2) is 48.5 Å². The molecule has 1 aliphatic heterocycles. The third-order valence-electron chi connectivity index (χ3n) is 5.34. The minimum absolute atomic E-state index is 0.100. The Morgan fingerprint density at radius 2 is 1.90 bits per heavy atom. The van der Waals surface area contributed by atoms with Gasteiger partial charge in [0.15, 0.2) is 0 Å². The van der Waals surface area contributed by atoms with E-state index in [1.807, 2.05) is 30.3 Å². The SMILES string of the molecule is CN1CCC(OC(c2cccc(OCCC(F)(F)F)c2)c2nc3ccccc3s2)CC1. The zero-order valence-corrected chi connectivity index (χ0v) is 18.1. The van der Waals surface area contributed by atoms with E-state index in [1.54, 1.807) is 29.5 Å². The first-order valence-electron chi connectivity index (χ1n) is 10.4. The van der Waals surface area contributed by atoms with E-state index in [2.05, 4.69) is 11.9 Å². The summed E-state index contributed by atoms with van der Waals surface area (Å²) in [6.07, 6.45) is -3.65. The van der Waals surface area contributed by atoms with Crippen molar-refractivity contribution in [3.05, 3.63) is 59.1 Å². The Morgan fingerprint density at radius 1 is 1.13 bits per heavy atom. The molecule has 0 saturated carbocycles. The van der Waals surface area contributed by atoms with Crippen molar-refractivity contribution in [3.8, 4) is 5.75 Å². The molecular weight excluding hydrogens is 425 g/mol. The minimum atomic E-state index is -4.24. The summed E-state index contributed by atoms with van der Waals surface area (Å²) in [5.41, 5.74) is 1.75. The summed E-state index contributed by atoms with van der Waals surface area (Å²) in [6, 6.07) is 15.1. The number of para-hydroxylation sites is 1. The molecule has 0 N–H and O–H groups in total. The van der Waals surface area contributed by atoms with Gasteiger partial charge in [-0.15, -0.1) is 11.3 Å². The van der Waals surface area contributed by atoms with Crippen LogP contribution in [0.2, 0.25) is 0 Å². The summed E-state index contributed by atoms with van der Waals surface area (Å²) < 4.78 is 50.4. The first-order valence-corrected chi connectivity index (χ1v) is 11.2. The van der Waals surface area contributed by atoms with Crippen molar-refractivity contribution in [2.45, 2.75) is 37.6 Å². The number of nitrogens with zero attached hydrogens (tertiary/aromatic N) is 2. The van der Waals surface area contributed by atoms with Crippen molar-refractivity contribution in [1.29, 1.82) is 0 Å². The number of hydrogen-bond donors (Lipinski definition) is 0. The van der Waals surface area contributed by atoms with Crippen molar-refractivity contribution in [1.82, 2.24) is 9.88 Å². The zero-order valence-electron chi connectivity index (χ0n) is 17.3. The van der Waals surface area contributed by atoms with Crippen LogP contribution >= 0.6 is 11.3 Å². The Kier molecular flexibility index (Phi) is 6.79. The Bertz CT molecular complexity index is 967. The molecule has 0 bridgehead atoms. The lowest BCUT2D eigenvalue weighted by atomic mass is 10.1. The van der Waals surface area contributed by atoms with Crippen molar-refractivity contribution >= 4 is 21.6 Å². The third kappa shape index (κ3) is 5.96. The van der Waals surface area contributed by atoms with E-state index < -0.39 is 25.3 Å². The second kappa shape index (κ2) is 9.54. The van der Waals surface area contributed by atoms with E-state index in [0.717, 1.165) is 46.7 Å². The fourth-order valence-electron chi connectivity index (χ4n) is 3.65. The number of thiazole rings is 1. The van der Waals surface area contributed by atoms with E-state index >= 15 is 0 Å². The highest BCUT2D eigenvalue weighted by molar-refractivity contribution is 7.18. The molecule has 0 spiro atoms. The summed E-state index contributed by atoms with van der Waals surface area (Å²) in [5, 5.41) is 0.840. The van der Waals surface area contributed by atoms with E-state index in [1.165, 1.54) is 0 Å². The predicted molar refractivity (Wildman–Crippen MR) is 116 cm³/mol. The fraction of sp³-hybridized carbons (Fsp3) is 0.435. The molecule has 1 unspecified atom stereocenters. The van der Waals surface area contributed by atoms with E-state index in [0.29, 0.717) is 5.75 Å². The van der Waals surface area contributed by atoms with E-state index in [4.69, 9.17) is 14.5 Å². The van der Waals surface area contributed by atoms with Crippen molar-refractivity contribution in [3.63, 3.8) is 0 Å². The standard InChI is InChI=1S/C23H25F3N2O2S/c1-28-12-9-17(10-13-28)30-21(22-27-19-7-2-3-8-20(19)31-22)16-5-4-6-18(15-16)29-14-11-23(24,25)26/h2-8,15,17,21H,9-14H2,1H3. The van der Waals surface area contributed by atoms with Gasteiger partial charge < -0.3 is 14.4 Å². The van der Waals surface area contributed by atoms with Gasteiger partial charge in [0.2, 0.25) is 0 Å². The molecule has 1 fully saturated rings. The van der Waals surface area contributed by atoms with Crippen LogP contribution in [0.25, 0.3) is 10.2 Å².